The number of sulfonamides is 1. The summed E-state index contributed by atoms with van der Waals surface area (Å²) < 4.78 is 105. The zero-order chi connectivity index (χ0) is 13.4. The summed E-state index contributed by atoms with van der Waals surface area (Å²) in [6.45, 7) is 0. The summed E-state index contributed by atoms with van der Waals surface area (Å²) in [5, 5.41) is -6.59. The van der Waals surface area contributed by atoms with Gasteiger partial charge in [0.2, 0.25) is 0 Å². The minimum Gasteiger partial charge on any atom is -0.210 e. The van der Waals surface area contributed by atoms with Crippen molar-refractivity contribution in [1.82, 2.24) is 0 Å². The van der Waals surface area contributed by atoms with Crippen LogP contribution in [-0.2, 0) is 14.8 Å². The van der Waals surface area contributed by atoms with Crippen molar-refractivity contribution < 1.29 is 43.9 Å². The summed E-state index contributed by atoms with van der Waals surface area (Å²) in [4.78, 5) is 9.31. The Kier molecular flexibility index (Phi) is 3.43. The third-order valence-corrected chi connectivity index (χ3v) is 2.42. The van der Waals surface area contributed by atoms with Gasteiger partial charge in [-0.1, -0.05) is 4.40 Å². The van der Waals surface area contributed by atoms with E-state index in [1.165, 1.54) is 4.40 Å². The predicted molar refractivity (Wildman–Crippen MR) is 33.0 cm³/mol. The summed E-state index contributed by atoms with van der Waals surface area (Å²) in [7, 11) is -6.65. The van der Waals surface area contributed by atoms with Crippen molar-refractivity contribution in [2.24, 2.45) is 4.40 Å². The highest BCUT2D eigenvalue weighted by atomic mass is 32.2. The van der Waals surface area contributed by atoms with E-state index in [1.54, 1.807) is 0 Å². The summed E-state index contributed by atoms with van der Waals surface area (Å²) >= 11 is 0. The molecule has 0 fully saturated rings. The highest BCUT2D eigenvalue weighted by molar-refractivity contribution is 7.91. The molecule has 0 amide bonds. The first-order valence-electron chi connectivity index (χ1n) is 2.97. The molecule has 94 valence electrons. The molecule has 0 radical (unpaired) electrons. The van der Waals surface area contributed by atoms with E-state index in [0.717, 1.165) is 0 Å². The van der Waals surface area contributed by atoms with Gasteiger partial charge >= 0.3 is 27.4 Å². The predicted octanol–water partition coefficient (Wildman–Crippen LogP) is 1.44. The smallest absolute Gasteiger partial charge is 0.210 e. The molecule has 12 heteroatoms. The van der Waals surface area contributed by atoms with Gasteiger partial charge in [-0.3, -0.25) is 0 Å². The number of hydrogen-bond acceptors (Lipinski definition) is 3. The van der Waals surface area contributed by atoms with E-state index in [9.17, 15) is 43.9 Å². The van der Waals surface area contributed by atoms with Gasteiger partial charge in [-0.05, 0) is 0 Å². The van der Waals surface area contributed by atoms with Crippen LogP contribution in [0.5, 0.6) is 0 Å². The van der Waals surface area contributed by atoms with E-state index < -0.39 is 27.4 Å². The van der Waals surface area contributed by atoms with Gasteiger partial charge < -0.3 is 0 Å². The fourth-order valence-corrected chi connectivity index (χ4v) is 1.09. The lowest BCUT2D eigenvalue weighted by Crippen LogP contribution is -2.55. The van der Waals surface area contributed by atoms with Crippen LogP contribution in [0.2, 0.25) is 0 Å². The fraction of sp³-hybridized carbons (Fsp3) is 0.750. The second-order valence-electron chi connectivity index (χ2n) is 2.25. The third kappa shape index (κ3) is 2.02. The Bertz CT molecular complexity index is 417. The molecule has 0 aliphatic heterocycles. The van der Waals surface area contributed by atoms with Crippen molar-refractivity contribution in [3.63, 3.8) is 0 Å². The topological polar surface area (TPSA) is 63.6 Å². The van der Waals surface area contributed by atoms with Crippen LogP contribution < -0.4 is 0 Å². The highest BCUT2D eigenvalue weighted by Gasteiger charge is 2.79. The maximum atomic E-state index is 12.3. The van der Waals surface area contributed by atoms with Crippen molar-refractivity contribution in [1.29, 1.82) is 0 Å². The van der Waals surface area contributed by atoms with Crippen LogP contribution in [0, 0.1) is 0 Å². The monoisotopic (exact) mass is 275 g/mol. The van der Waals surface area contributed by atoms with Crippen LogP contribution in [0.4, 0.5) is 30.7 Å². The van der Waals surface area contributed by atoms with Gasteiger partial charge in [0.25, 0.3) is 6.08 Å². The Labute approximate surface area is 82.8 Å². The quantitative estimate of drug-likeness (QED) is 0.445. The molecule has 0 unspecified atom stereocenters. The van der Waals surface area contributed by atoms with Gasteiger partial charge in [0, 0.05) is 0 Å². The Balaban J connectivity index is 5.82. The second-order valence-corrected chi connectivity index (χ2v) is 3.89. The van der Waals surface area contributed by atoms with Gasteiger partial charge in [-0.15, -0.1) is 0 Å². The number of halogens is 7. The van der Waals surface area contributed by atoms with Crippen LogP contribution in [0.25, 0.3) is 0 Å². The van der Waals surface area contributed by atoms with E-state index in [1.807, 2.05) is 0 Å². The van der Waals surface area contributed by atoms with E-state index >= 15 is 0 Å². The molecule has 16 heavy (non-hydrogen) atoms. The van der Waals surface area contributed by atoms with Crippen molar-refractivity contribution in [3.05, 3.63) is 0 Å². The zero-order valence-corrected chi connectivity index (χ0v) is 7.54. The molecule has 0 saturated heterocycles. The summed E-state index contributed by atoms with van der Waals surface area (Å²) in [5.41, 5.74) is 0. The number of carbonyl (C=O) groups excluding carboxylic acids is 1. The lowest BCUT2D eigenvalue weighted by atomic mass is 10.3. The Morgan fingerprint density at radius 1 is 0.938 bits per heavy atom. The zero-order valence-electron chi connectivity index (χ0n) is 6.73. The molecule has 0 aliphatic rings. The number of isocyanates is 1. The molecule has 4 nitrogen and oxygen atoms in total. The van der Waals surface area contributed by atoms with Crippen LogP contribution in [0.3, 0.4) is 0 Å². The van der Waals surface area contributed by atoms with Crippen LogP contribution in [0.15, 0.2) is 4.40 Å². The molecule has 0 rings (SSSR count). The molecule has 0 atom stereocenters. The van der Waals surface area contributed by atoms with Gasteiger partial charge in [0.15, 0.2) is 0 Å². The Morgan fingerprint density at radius 3 is 1.56 bits per heavy atom. The third-order valence-electron chi connectivity index (χ3n) is 1.20. The van der Waals surface area contributed by atoms with Crippen molar-refractivity contribution in [2.75, 3.05) is 0 Å². The number of hydrogen-bond donors (Lipinski definition) is 0. The van der Waals surface area contributed by atoms with Crippen molar-refractivity contribution >= 4 is 16.1 Å². The minimum absolute atomic E-state index is 0.0560. The molecule has 0 heterocycles. The number of nitrogens with zero attached hydrogens (tertiary/aromatic N) is 1. The standard InChI is InChI=1S/C4F7NO3S/c5-2(6,3(7,8)9)4(10,11)16(14,15)12-1-13. The van der Waals surface area contributed by atoms with Gasteiger partial charge in [-0.25, -0.2) is 4.79 Å². The van der Waals surface area contributed by atoms with Gasteiger partial charge in [-0.2, -0.15) is 39.2 Å². The number of alkyl halides is 7. The molecular formula is C4F7NO3S. The first-order chi connectivity index (χ1) is 6.81. The van der Waals surface area contributed by atoms with Gasteiger partial charge in [0.05, 0.1) is 0 Å². The first-order valence-corrected chi connectivity index (χ1v) is 4.41. The molecule has 0 aromatic heterocycles. The molecule has 0 N–H and O–H groups in total. The Hall–Kier alpha value is -1.16. The maximum Gasteiger partial charge on any atom is 0.461 e. The normalized spacial score (nSPS) is 14.4. The van der Waals surface area contributed by atoms with Crippen LogP contribution in [-0.4, -0.2) is 31.9 Å². The van der Waals surface area contributed by atoms with E-state index in [0.29, 0.717) is 0 Å². The average molecular weight is 275 g/mol. The number of rotatable bonds is 3. The first kappa shape index (κ1) is 14.8. The molecular weight excluding hydrogens is 275 g/mol. The fourth-order valence-electron chi connectivity index (χ4n) is 0.433. The minimum atomic E-state index is -6.88. The molecule has 0 bridgehead atoms. The largest absolute Gasteiger partial charge is 0.461 e. The van der Waals surface area contributed by atoms with Crippen molar-refractivity contribution in [2.45, 2.75) is 17.4 Å². The van der Waals surface area contributed by atoms with Gasteiger partial charge in [0.1, 0.15) is 0 Å². The van der Waals surface area contributed by atoms with Crippen LogP contribution in [0.1, 0.15) is 0 Å². The lowest BCUT2D eigenvalue weighted by molar-refractivity contribution is -0.332. The summed E-state index contributed by atoms with van der Waals surface area (Å²) in [6, 6.07) is 0. The van der Waals surface area contributed by atoms with E-state index in [2.05, 4.69) is 0 Å². The van der Waals surface area contributed by atoms with Crippen LogP contribution >= 0.6 is 0 Å². The van der Waals surface area contributed by atoms with Crippen molar-refractivity contribution in [3.8, 4) is 0 Å². The molecule has 0 saturated carbocycles. The SMILES string of the molecule is O=C=NS(=O)(=O)C(F)(F)C(F)(F)C(F)(F)F. The molecule has 0 spiro atoms. The lowest BCUT2D eigenvalue weighted by Gasteiger charge is -2.25. The second kappa shape index (κ2) is 3.70. The summed E-state index contributed by atoms with van der Waals surface area (Å²) in [6.07, 6.45) is -6.87. The average Bonchev–Trinajstić information content (AvgIpc) is 2.01. The summed E-state index contributed by atoms with van der Waals surface area (Å²) in [5.74, 6) is -6.88. The van der Waals surface area contributed by atoms with E-state index in [-0.39, 0.29) is 6.08 Å². The Morgan fingerprint density at radius 2 is 1.31 bits per heavy atom. The maximum absolute atomic E-state index is 12.3. The van der Waals surface area contributed by atoms with E-state index in [4.69, 9.17) is 0 Å². The highest BCUT2D eigenvalue weighted by Crippen LogP contribution is 2.49. The molecule has 0 aromatic carbocycles. The molecule has 0 aliphatic carbocycles. The molecule has 0 aromatic rings.